The Labute approximate surface area is 194 Å². The van der Waals surface area contributed by atoms with Crippen molar-refractivity contribution in [3.63, 3.8) is 0 Å². The molecule has 2 aliphatic rings. The smallest absolute Gasteiger partial charge is 0.161 e. The summed E-state index contributed by atoms with van der Waals surface area (Å²) < 4.78 is 30.6. The molecule has 166 valence electrons. The first kappa shape index (κ1) is 22.6. The van der Waals surface area contributed by atoms with Gasteiger partial charge < -0.3 is 5.73 Å². The van der Waals surface area contributed by atoms with Crippen LogP contribution in [-0.2, 0) is 11.2 Å². The van der Waals surface area contributed by atoms with Crippen molar-refractivity contribution in [3.05, 3.63) is 69.0 Å². The number of ketones is 1. The summed E-state index contributed by atoms with van der Waals surface area (Å²) in [6.07, 6.45) is 2.18. The molecule has 0 spiro atoms. The summed E-state index contributed by atoms with van der Waals surface area (Å²) in [7, 11) is 0. The lowest BCUT2D eigenvalue weighted by atomic mass is 9.76. The van der Waals surface area contributed by atoms with E-state index in [0.717, 1.165) is 39.0 Å². The van der Waals surface area contributed by atoms with E-state index in [0.29, 0.717) is 30.5 Å². The molecule has 8 heteroatoms. The highest BCUT2D eigenvalue weighted by atomic mass is 32.2. The molecule has 2 heterocycles. The lowest BCUT2D eigenvalue weighted by Gasteiger charge is -2.39. The maximum absolute atomic E-state index is 14.8. The average Bonchev–Trinajstić information content (AvgIpc) is 3.17. The van der Waals surface area contributed by atoms with Crippen molar-refractivity contribution in [2.24, 2.45) is 5.73 Å². The molecule has 0 amide bonds. The zero-order chi connectivity index (χ0) is 23.0. The van der Waals surface area contributed by atoms with Gasteiger partial charge in [-0.15, -0.1) is 23.1 Å². The molecule has 1 aromatic heterocycles. The van der Waals surface area contributed by atoms with E-state index in [9.17, 15) is 18.8 Å². The summed E-state index contributed by atoms with van der Waals surface area (Å²) in [5.41, 5.74) is 8.06. The van der Waals surface area contributed by atoms with Crippen LogP contribution in [0.5, 0.6) is 0 Å². The van der Waals surface area contributed by atoms with Crippen molar-refractivity contribution in [1.29, 1.82) is 5.26 Å². The molecule has 0 bridgehead atoms. The van der Waals surface area contributed by atoms with Crippen LogP contribution in [-0.4, -0.2) is 11.5 Å². The van der Waals surface area contributed by atoms with E-state index < -0.39 is 17.6 Å². The van der Waals surface area contributed by atoms with Crippen LogP contribution >= 0.6 is 23.1 Å². The topological polar surface area (TPSA) is 70.1 Å². The summed E-state index contributed by atoms with van der Waals surface area (Å²) in [6, 6.07) is 7.79. The average molecular weight is 472 g/mol. The molecular weight excluding hydrogens is 448 g/mol. The first-order valence-corrected chi connectivity index (χ1v) is 12.4. The minimum absolute atomic E-state index is 0.0216. The quantitative estimate of drug-likeness (QED) is 0.541. The number of aryl methyl sites for hydroxylation is 1. The number of carbonyl (C=O) groups excluding carboxylic acids is 1. The molecular formula is C24H23F2N3OS2. The maximum Gasteiger partial charge on any atom is 0.161 e. The van der Waals surface area contributed by atoms with Gasteiger partial charge in [-0.3, -0.25) is 9.69 Å². The SMILES string of the molecule is CCSc1sc(CC)cc1[C@H]1C(C#N)=C(N)N(c2c(F)cccc2F)C2=C1C(=O)CCC2. The highest BCUT2D eigenvalue weighted by Crippen LogP contribution is 2.50. The van der Waals surface area contributed by atoms with Crippen LogP contribution in [0, 0.1) is 23.0 Å². The molecule has 2 N–H and O–H groups in total. The van der Waals surface area contributed by atoms with Crippen LogP contribution in [0.15, 0.2) is 51.1 Å². The number of anilines is 1. The number of thioether (sulfide) groups is 1. The van der Waals surface area contributed by atoms with Gasteiger partial charge in [-0.05, 0) is 48.8 Å². The summed E-state index contributed by atoms with van der Waals surface area (Å²) in [5, 5.41) is 10.1. The molecule has 0 radical (unpaired) electrons. The van der Waals surface area contributed by atoms with Crippen LogP contribution in [0.2, 0.25) is 0 Å². The zero-order valence-electron chi connectivity index (χ0n) is 17.9. The lowest BCUT2D eigenvalue weighted by Crippen LogP contribution is -2.39. The maximum atomic E-state index is 14.8. The number of allylic oxidation sites excluding steroid dienone is 3. The predicted molar refractivity (Wildman–Crippen MR) is 124 cm³/mol. The van der Waals surface area contributed by atoms with Gasteiger partial charge >= 0.3 is 0 Å². The van der Waals surface area contributed by atoms with Crippen molar-refractivity contribution < 1.29 is 13.6 Å². The molecule has 0 saturated heterocycles. The summed E-state index contributed by atoms with van der Waals surface area (Å²) in [5.74, 6) is -1.49. The molecule has 1 atom stereocenters. The Morgan fingerprint density at radius 1 is 1.28 bits per heavy atom. The molecule has 4 nitrogen and oxygen atoms in total. The van der Waals surface area contributed by atoms with Crippen LogP contribution in [0.4, 0.5) is 14.5 Å². The third-order valence-corrected chi connectivity index (χ3v) is 8.27. The third kappa shape index (κ3) is 3.63. The normalized spacial score (nSPS) is 18.8. The first-order chi connectivity index (χ1) is 15.4. The van der Waals surface area contributed by atoms with E-state index in [2.05, 4.69) is 19.9 Å². The van der Waals surface area contributed by atoms with Crippen molar-refractivity contribution >= 4 is 34.6 Å². The van der Waals surface area contributed by atoms with Crippen molar-refractivity contribution in [1.82, 2.24) is 0 Å². The van der Waals surface area contributed by atoms with Gasteiger partial charge in [-0.25, -0.2) is 8.78 Å². The van der Waals surface area contributed by atoms with Gasteiger partial charge in [0.25, 0.3) is 0 Å². The number of Topliss-reactive ketones (excluding diaryl/α,β-unsaturated/α-hetero) is 1. The molecule has 0 unspecified atom stereocenters. The van der Waals surface area contributed by atoms with Crippen LogP contribution in [0.3, 0.4) is 0 Å². The Morgan fingerprint density at radius 2 is 2.00 bits per heavy atom. The Kier molecular flexibility index (Phi) is 6.40. The number of para-hydroxylation sites is 1. The fourth-order valence-corrected chi connectivity index (χ4v) is 6.79. The van der Waals surface area contributed by atoms with E-state index in [1.54, 1.807) is 23.1 Å². The van der Waals surface area contributed by atoms with Gasteiger partial charge in [0, 0.05) is 22.6 Å². The van der Waals surface area contributed by atoms with Gasteiger partial charge in [0.1, 0.15) is 23.1 Å². The number of benzene rings is 1. The molecule has 1 aliphatic heterocycles. The number of carbonyl (C=O) groups is 1. The van der Waals surface area contributed by atoms with Crippen molar-refractivity contribution in [2.45, 2.75) is 49.7 Å². The summed E-state index contributed by atoms with van der Waals surface area (Å²) in [4.78, 5) is 15.6. The third-order valence-electron chi connectivity index (χ3n) is 5.79. The van der Waals surface area contributed by atoms with Gasteiger partial charge in [-0.2, -0.15) is 5.26 Å². The highest BCUT2D eigenvalue weighted by Gasteiger charge is 2.42. The lowest BCUT2D eigenvalue weighted by molar-refractivity contribution is -0.116. The Bertz CT molecular complexity index is 1170. The van der Waals surface area contributed by atoms with Gasteiger partial charge in [0.05, 0.1) is 21.8 Å². The monoisotopic (exact) mass is 471 g/mol. The summed E-state index contributed by atoms with van der Waals surface area (Å²) >= 11 is 3.32. The van der Waals surface area contributed by atoms with Crippen LogP contribution in [0.25, 0.3) is 0 Å². The molecule has 0 fully saturated rings. The molecule has 32 heavy (non-hydrogen) atoms. The van der Waals surface area contributed by atoms with Gasteiger partial charge in [0.2, 0.25) is 0 Å². The number of rotatable bonds is 5. The molecule has 0 saturated carbocycles. The Balaban J connectivity index is 2.01. The van der Waals surface area contributed by atoms with Crippen molar-refractivity contribution in [2.75, 3.05) is 10.7 Å². The largest absolute Gasteiger partial charge is 0.384 e. The van der Waals surface area contributed by atoms with Gasteiger partial charge in [0.15, 0.2) is 5.78 Å². The minimum Gasteiger partial charge on any atom is -0.384 e. The first-order valence-electron chi connectivity index (χ1n) is 10.6. The second-order valence-electron chi connectivity index (χ2n) is 7.63. The Morgan fingerprint density at radius 3 is 2.62 bits per heavy atom. The number of nitrogens with two attached hydrogens (primary N) is 1. The van der Waals surface area contributed by atoms with E-state index in [4.69, 9.17) is 5.73 Å². The second-order valence-corrected chi connectivity index (χ2v) is 10.3. The number of halogens is 2. The van der Waals surface area contributed by atoms with E-state index in [1.165, 1.54) is 11.0 Å². The zero-order valence-corrected chi connectivity index (χ0v) is 19.5. The molecule has 1 aromatic carbocycles. The Hall–Kier alpha value is -2.63. The van der Waals surface area contributed by atoms with Crippen LogP contribution < -0.4 is 10.6 Å². The molecule has 1 aliphatic carbocycles. The highest BCUT2D eigenvalue weighted by molar-refractivity contribution is 8.01. The van der Waals surface area contributed by atoms with Crippen LogP contribution in [0.1, 0.15) is 49.5 Å². The molecule has 2 aromatic rings. The number of hydrogen-bond acceptors (Lipinski definition) is 6. The van der Waals surface area contributed by atoms with E-state index >= 15 is 0 Å². The predicted octanol–water partition coefficient (Wildman–Crippen LogP) is 6.01. The minimum atomic E-state index is -0.792. The standard InChI is InChI=1S/C24H23F2N3OS2/c1-3-13-11-14(24(32-13)31-4-2)20-15(12-27)23(28)29(18-9-6-10-19(30)21(18)20)22-16(25)7-5-8-17(22)26/h5,7-8,11,20H,3-4,6,9-10,28H2,1-2H3/t20-/m0/s1. The van der Waals surface area contributed by atoms with E-state index in [-0.39, 0.29) is 22.9 Å². The molecule has 4 rings (SSSR count). The number of nitrogens with zero attached hydrogens (tertiary/aromatic N) is 2. The summed E-state index contributed by atoms with van der Waals surface area (Å²) in [6.45, 7) is 4.11. The number of nitriles is 1. The second kappa shape index (κ2) is 9.08. The number of hydrogen-bond donors (Lipinski definition) is 1. The van der Waals surface area contributed by atoms with Gasteiger partial charge in [-0.1, -0.05) is 19.9 Å². The fourth-order valence-electron chi connectivity index (χ4n) is 4.41. The van der Waals surface area contributed by atoms with Crippen molar-refractivity contribution in [3.8, 4) is 6.07 Å². The fraction of sp³-hybridized carbons (Fsp3) is 0.333. The number of thiophene rings is 1. The van der Waals surface area contributed by atoms with E-state index in [1.807, 2.05) is 6.07 Å².